The van der Waals surface area contributed by atoms with Crippen LogP contribution in [0.15, 0.2) is 84.9 Å². The zero-order valence-corrected chi connectivity index (χ0v) is 12.7. The molecule has 1 nitrogen and oxygen atoms in total. The van der Waals surface area contributed by atoms with Crippen LogP contribution in [-0.2, 0) is 6.42 Å². The predicted molar refractivity (Wildman–Crippen MR) is 91.0 cm³/mol. The van der Waals surface area contributed by atoms with Crippen molar-refractivity contribution in [2.45, 2.75) is 6.42 Å². The van der Waals surface area contributed by atoms with E-state index in [-0.39, 0.29) is 0 Å². The molecule has 0 atom stereocenters. The predicted octanol–water partition coefficient (Wildman–Crippen LogP) is 4.91. The Morgan fingerprint density at radius 1 is 0.682 bits per heavy atom. The van der Waals surface area contributed by atoms with Crippen molar-refractivity contribution in [1.29, 1.82) is 0 Å². The molecule has 3 aromatic rings. The fourth-order valence-electron chi connectivity index (χ4n) is 2.60. The molecule has 108 valence electrons. The van der Waals surface area contributed by atoms with Crippen molar-refractivity contribution < 1.29 is 4.74 Å². The van der Waals surface area contributed by atoms with Gasteiger partial charge >= 0.3 is 0 Å². The van der Waals surface area contributed by atoms with Crippen LogP contribution >= 0.6 is 0 Å². The molecule has 22 heavy (non-hydrogen) atoms. The Labute approximate surface area is 132 Å². The Balaban J connectivity index is 1.91. The van der Waals surface area contributed by atoms with Crippen molar-refractivity contribution in [3.05, 3.63) is 108 Å². The maximum Gasteiger partial charge on any atom is 0.118 e. The molecular formula is C21H19O+. The lowest BCUT2D eigenvalue weighted by Crippen LogP contribution is -2.06. The van der Waals surface area contributed by atoms with E-state index >= 15 is 0 Å². The minimum absolute atomic E-state index is 0.893. The summed E-state index contributed by atoms with van der Waals surface area (Å²) in [7, 11) is 1.69. The van der Waals surface area contributed by atoms with Gasteiger partial charge in [0.15, 0.2) is 0 Å². The van der Waals surface area contributed by atoms with Gasteiger partial charge in [0.25, 0.3) is 0 Å². The standard InChI is InChI=1S/C21H19O/c1-22-20-14-12-17(13-15-20)16-21(18-8-4-2-5-9-18)19-10-6-3-7-11-19/h2-15H,16H2,1H3/q+1. The molecule has 0 amide bonds. The summed E-state index contributed by atoms with van der Waals surface area (Å²) < 4.78 is 5.24. The van der Waals surface area contributed by atoms with E-state index in [9.17, 15) is 0 Å². The average Bonchev–Trinajstić information content (AvgIpc) is 2.62. The van der Waals surface area contributed by atoms with Gasteiger partial charge in [0.05, 0.1) is 18.2 Å². The molecule has 0 saturated heterocycles. The van der Waals surface area contributed by atoms with Crippen molar-refractivity contribution in [3.63, 3.8) is 0 Å². The molecule has 0 aliphatic carbocycles. The summed E-state index contributed by atoms with van der Waals surface area (Å²) in [6.07, 6.45) is 0.901. The van der Waals surface area contributed by atoms with Crippen molar-refractivity contribution in [2.75, 3.05) is 7.11 Å². The first-order valence-corrected chi connectivity index (χ1v) is 7.46. The zero-order chi connectivity index (χ0) is 15.2. The summed E-state index contributed by atoms with van der Waals surface area (Å²) in [4.78, 5) is 0. The van der Waals surface area contributed by atoms with E-state index in [0.717, 1.165) is 12.2 Å². The molecule has 0 unspecified atom stereocenters. The van der Waals surface area contributed by atoms with Crippen molar-refractivity contribution in [1.82, 2.24) is 0 Å². The lowest BCUT2D eigenvalue weighted by molar-refractivity contribution is 0.414. The van der Waals surface area contributed by atoms with E-state index < -0.39 is 0 Å². The first-order valence-electron chi connectivity index (χ1n) is 7.46. The fourth-order valence-corrected chi connectivity index (χ4v) is 2.60. The molecule has 0 heterocycles. The van der Waals surface area contributed by atoms with E-state index in [1.807, 2.05) is 12.1 Å². The minimum atomic E-state index is 0.893. The van der Waals surface area contributed by atoms with Crippen LogP contribution in [0.1, 0.15) is 16.7 Å². The molecule has 0 spiro atoms. The van der Waals surface area contributed by atoms with Crippen LogP contribution in [0.2, 0.25) is 0 Å². The third kappa shape index (κ3) is 3.32. The molecule has 0 N–H and O–H groups in total. The number of hydrogen-bond donors (Lipinski definition) is 0. The second-order valence-corrected chi connectivity index (χ2v) is 5.24. The Bertz CT molecular complexity index is 647. The van der Waals surface area contributed by atoms with Crippen LogP contribution in [0.4, 0.5) is 0 Å². The van der Waals surface area contributed by atoms with Crippen molar-refractivity contribution >= 4 is 0 Å². The molecule has 0 aliphatic heterocycles. The highest BCUT2D eigenvalue weighted by molar-refractivity contribution is 5.48. The molecule has 3 rings (SSSR count). The lowest BCUT2D eigenvalue weighted by atomic mass is 9.86. The van der Waals surface area contributed by atoms with Gasteiger partial charge in [-0.05, 0) is 54.1 Å². The maximum atomic E-state index is 5.24. The van der Waals surface area contributed by atoms with Crippen LogP contribution in [0, 0.1) is 5.92 Å². The second-order valence-electron chi connectivity index (χ2n) is 5.24. The number of methoxy groups -OCH3 is 1. The summed E-state index contributed by atoms with van der Waals surface area (Å²) in [5, 5.41) is 0. The highest BCUT2D eigenvalue weighted by Crippen LogP contribution is 2.28. The monoisotopic (exact) mass is 287 g/mol. The molecule has 3 aromatic carbocycles. The van der Waals surface area contributed by atoms with E-state index in [0.29, 0.717) is 0 Å². The van der Waals surface area contributed by atoms with Gasteiger partial charge < -0.3 is 4.74 Å². The van der Waals surface area contributed by atoms with Crippen molar-refractivity contribution in [3.8, 4) is 5.75 Å². The highest BCUT2D eigenvalue weighted by Gasteiger charge is 2.20. The molecule has 0 aliphatic rings. The number of hydrogen-bond acceptors (Lipinski definition) is 1. The maximum absolute atomic E-state index is 5.24. The molecular weight excluding hydrogens is 268 g/mol. The second kappa shape index (κ2) is 6.86. The van der Waals surface area contributed by atoms with Crippen LogP contribution in [0.3, 0.4) is 0 Å². The van der Waals surface area contributed by atoms with E-state index in [4.69, 9.17) is 4.74 Å². The molecule has 0 bridgehead atoms. The number of benzene rings is 3. The summed E-state index contributed by atoms with van der Waals surface area (Å²) in [6.45, 7) is 0. The SMILES string of the molecule is COc1ccc(C[C+](c2ccccc2)c2ccccc2)cc1. The Morgan fingerprint density at radius 3 is 1.64 bits per heavy atom. The summed E-state index contributed by atoms with van der Waals surface area (Å²) in [5.41, 5.74) is 3.82. The molecule has 1 heteroatoms. The fraction of sp³-hybridized carbons (Fsp3) is 0.0952. The normalized spacial score (nSPS) is 10.2. The highest BCUT2D eigenvalue weighted by atomic mass is 16.5. The van der Waals surface area contributed by atoms with Gasteiger partial charge in [-0.25, -0.2) is 0 Å². The van der Waals surface area contributed by atoms with Gasteiger partial charge in [0, 0.05) is 36.6 Å². The topological polar surface area (TPSA) is 9.23 Å². The van der Waals surface area contributed by atoms with Crippen molar-refractivity contribution in [2.24, 2.45) is 0 Å². The van der Waals surface area contributed by atoms with Gasteiger partial charge in [0.1, 0.15) is 5.75 Å². The smallest absolute Gasteiger partial charge is 0.118 e. The minimum Gasteiger partial charge on any atom is -0.497 e. The number of rotatable bonds is 5. The van der Waals surface area contributed by atoms with Gasteiger partial charge in [0.2, 0.25) is 0 Å². The Kier molecular flexibility index (Phi) is 4.45. The van der Waals surface area contributed by atoms with Gasteiger partial charge in [-0.15, -0.1) is 0 Å². The molecule has 0 aromatic heterocycles. The van der Waals surface area contributed by atoms with Crippen LogP contribution in [-0.4, -0.2) is 7.11 Å². The largest absolute Gasteiger partial charge is 0.497 e. The summed E-state index contributed by atoms with van der Waals surface area (Å²) in [6, 6.07) is 29.5. The number of ether oxygens (including phenoxy) is 1. The van der Waals surface area contributed by atoms with E-state index in [1.165, 1.54) is 22.6 Å². The van der Waals surface area contributed by atoms with Gasteiger partial charge in [-0.1, -0.05) is 12.1 Å². The van der Waals surface area contributed by atoms with E-state index in [1.54, 1.807) is 7.11 Å². The van der Waals surface area contributed by atoms with E-state index in [2.05, 4.69) is 72.8 Å². The van der Waals surface area contributed by atoms with Crippen LogP contribution in [0.5, 0.6) is 5.75 Å². The van der Waals surface area contributed by atoms with Gasteiger partial charge in [-0.3, -0.25) is 0 Å². The van der Waals surface area contributed by atoms with Crippen LogP contribution < -0.4 is 4.74 Å². The Morgan fingerprint density at radius 2 is 1.18 bits per heavy atom. The summed E-state index contributed by atoms with van der Waals surface area (Å²) >= 11 is 0. The summed E-state index contributed by atoms with van der Waals surface area (Å²) in [5.74, 6) is 2.23. The first kappa shape index (κ1) is 14.3. The zero-order valence-electron chi connectivity index (χ0n) is 12.7. The molecule has 0 saturated carbocycles. The third-order valence-corrected chi connectivity index (χ3v) is 3.78. The van der Waals surface area contributed by atoms with Gasteiger partial charge in [-0.2, -0.15) is 0 Å². The average molecular weight is 287 g/mol. The molecule has 0 radical (unpaired) electrons. The third-order valence-electron chi connectivity index (χ3n) is 3.78. The first-order chi connectivity index (χ1) is 10.9. The quantitative estimate of drug-likeness (QED) is 0.606. The molecule has 0 fully saturated rings. The Hall–Kier alpha value is -2.67. The lowest BCUT2D eigenvalue weighted by Gasteiger charge is -2.13. The van der Waals surface area contributed by atoms with Crippen LogP contribution in [0.25, 0.3) is 0 Å².